The number of nitrogens with one attached hydrogen (secondary N) is 1. The molecule has 3 nitrogen and oxygen atoms in total. The molecule has 0 spiro atoms. The molecule has 17 heavy (non-hydrogen) atoms. The molecule has 0 bridgehead atoms. The third kappa shape index (κ3) is 3.26. The van der Waals surface area contributed by atoms with Crippen molar-refractivity contribution in [2.75, 3.05) is 5.32 Å². The Kier molecular flexibility index (Phi) is 3.67. The van der Waals surface area contributed by atoms with Crippen LogP contribution >= 0.6 is 0 Å². The molecule has 0 aliphatic rings. The summed E-state index contributed by atoms with van der Waals surface area (Å²) in [5.41, 5.74) is 8.11. The average Bonchev–Trinajstić information content (AvgIpc) is 2.37. The van der Waals surface area contributed by atoms with Gasteiger partial charge in [-0.05, 0) is 29.8 Å². The molecule has 0 aliphatic carbocycles. The predicted octanol–water partition coefficient (Wildman–Crippen LogP) is 2.29. The van der Waals surface area contributed by atoms with Gasteiger partial charge in [0.05, 0.1) is 5.69 Å². The highest BCUT2D eigenvalue weighted by Crippen LogP contribution is 2.10. The molecule has 2 rings (SSSR count). The molecule has 0 aliphatic heterocycles. The Labute approximate surface area is 99.5 Å². The van der Waals surface area contributed by atoms with Crippen molar-refractivity contribution in [1.82, 2.24) is 4.98 Å². The Morgan fingerprint density at radius 1 is 1.24 bits per heavy atom. The molecule has 0 saturated carbocycles. The van der Waals surface area contributed by atoms with E-state index in [4.69, 9.17) is 5.73 Å². The first kappa shape index (κ1) is 11.5. The van der Waals surface area contributed by atoms with E-state index in [1.54, 1.807) is 12.3 Å². The van der Waals surface area contributed by atoms with Crippen molar-refractivity contribution < 1.29 is 4.39 Å². The highest BCUT2D eigenvalue weighted by atomic mass is 19.1. The number of nitrogens with zero attached hydrogens (tertiary/aromatic N) is 1. The van der Waals surface area contributed by atoms with Gasteiger partial charge in [-0.1, -0.05) is 12.1 Å². The second-order valence-corrected chi connectivity index (χ2v) is 3.73. The summed E-state index contributed by atoms with van der Waals surface area (Å²) in [4.78, 5) is 4.19. The summed E-state index contributed by atoms with van der Waals surface area (Å²) in [7, 11) is 0. The standard InChI is InChI=1S/C13H14FN3/c14-11-2-1-3-12(6-11)16-8-10-4-5-13(7-15)17-9-10/h1-6,9,16H,7-8,15H2. The number of anilines is 1. The van der Waals surface area contributed by atoms with Crippen LogP contribution in [0.2, 0.25) is 0 Å². The van der Waals surface area contributed by atoms with Crippen LogP contribution in [0.1, 0.15) is 11.3 Å². The zero-order valence-electron chi connectivity index (χ0n) is 9.36. The maximum Gasteiger partial charge on any atom is 0.125 e. The van der Waals surface area contributed by atoms with E-state index in [-0.39, 0.29) is 5.82 Å². The molecular formula is C13H14FN3. The highest BCUT2D eigenvalue weighted by Gasteiger charge is 1.97. The lowest BCUT2D eigenvalue weighted by Gasteiger charge is -2.06. The number of aromatic nitrogens is 1. The van der Waals surface area contributed by atoms with E-state index in [0.717, 1.165) is 16.9 Å². The third-order valence-electron chi connectivity index (χ3n) is 2.42. The van der Waals surface area contributed by atoms with Gasteiger partial charge >= 0.3 is 0 Å². The molecular weight excluding hydrogens is 217 g/mol. The topological polar surface area (TPSA) is 50.9 Å². The largest absolute Gasteiger partial charge is 0.381 e. The summed E-state index contributed by atoms with van der Waals surface area (Å²) in [6.45, 7) is 1.05. The van der Waals surface area contributed by atoms with Crippen molar-refractivity contribution in [3.05, 3.63) is 59.7 Å². The Balaban J connectivity index is 1.97. The van der Waals surface area contributed by atoms with Gasteiger partial charge in [0.25, 0.3) is 0 Å². The summed E-state index contributed by atoms with van der Waals surface area (Å²) in [5, 5.41) is 3.13. The third-order valence-corrected chi connectivity index (χ3v) is 2.42. The van der Waals surface area contributed by atoms with Crippen molar-refractivity contribution in [2.24, 2.45) is 5.73 Å². The second kappa shape index (κ2) is 5.41. The minimum atomic E-state index is -0.244. The molecule has 1 heterocycles. The lowest BCUT2D eigenvalue weighted by atomic mass is 10.2. The molecule has 0 radical (unpaired) electrons. The van der Waals surface area contributed by atoms with Gasteiger partial charge in [0.15, 0.2) is 0 Å². The maximum atomic E-state index is 12.9. The molecule has 0 atom stereocenters. The number of nitrogens with two attached hydrogens (primary N) is 1. The fourth-order valence-corrected chi connectivity index (χ4v) is 1.48. The number of halogens is 1. The summed E-state index contributed by atoms with van der Waals surface area (Å²) in [5.74, 6) is -0.244. The Hall–Kier alpha value is -1.94. The smallest absolute Gasteiger partial charge is 0.125 e. The molecule has 0 fully saturated rings. The molecule has 0 unspecified atom stereocenters. The maximum absolute atomic E-state index is 12.9. The second-order valence-electron chi connectivity index (χ2n) is 3.73. The molecule has 2 aromatic rings. The summed E-state index contributed by atoms with van der Waals surface area (Å²) in [6, 6.07) is 10.2. The minimum Gasteiger partial charge on any atom is -0.381 e. The molecule has 1 aromatic carbocycles. The number of hydrogen-bond donors (Lipinski definition) is 2. The van der Waals surface area contributed by atoms with Crippen molar-refractivity contribution in [3.63, 3.8) is 0 Å². The minimum absolute atomic E-state index is 0.244. The fourth-order valence-electron chi connectivity index (χ4n) is 1.48. The van der Waals surface area contributed by atoms with Gasteiger partial charge in [0.1, 0.15) is 5.82 Å². The lowest BCUT2D eigenvalue weighted by molar-refractivity contribution is 0.628. The van der Waals surface area contributed by atoms with Gasteiger partial charge in [-0.25, -0.2) is 4.39 Å². The van der Waals surface area contributed by atoms with Crippen molar-refractivity contribution in [3.8, 4) is 0 Å². The van der Waals surface area contributed by atoms with Crippen LogP contribution in [0.5, 0.6) is 0 Å². The quantitative estimate of drug-likeness (QED) is 0.848. The van der Waals surface area contributed by atoms with Crippen molar-refractivity contribution in [1.29, 1.82) is 0 Å². The lowest BCUT2D eigenvalue weighted by Crippen LogP contribution is -2.03. The molecule has 0 saturated heterocycles. The van der Waals surface area contributed by atoms with Gasteiger partial charge in [-0.3, -0.25) is 4.98 Å². The Bertz CT molecular complexity index is 482. The van der Waals surface area contributed by atoms with Crippen molar-refractivity contribution >= 4 is 5.69 Å². The zero-order chi connectivity index (χ0) is 12.1. The van der Waals surface area contributed by atoms with Crippen LogP contribution in [-0.4, -0.2) is 4.98 Å². The van der Waals surface area contributed by atoms with Crippen LogP contribution in [0.4, 0.5) is 10.1 Å². The van der Waals surface area contributed by atoms with Crippen LogP contribution in [-0.2, 0) is 13.1 Å². The number of benzene rings is 1. The zero-order valence-corrected chi connectivity index (χ0v) is 9.36. The van der Waals surface area contributed by atoms with E-state index in [9.17, 15) is 4.39 Å². The van der Waals surface area contributed by atoms with Gasteiger partial charge < -0.3 is 11.1 Å². The highest BCUT2D eigenvalue weighted by molar-refractivity contribution is 5.43. The first-order chi connectivity index (χ1) is 8.28. The van der Waals surface area contributed by atoms with E-state index < -0.39 is 0 Å². The van der Waals surface area contributed by atoms with Crippen molar-refractivity contribution in [2.45, 2.75) is 13.1 Å². The summed E-state index contributed by atoms with van der Waals surface area (Å²) >= 11 is 0. The van der Waals surface area contributed by atoms with E-state index in [0.29, 0.717) is 13.1 Å². The van der Waals surface area contributed by atoms with Crippen LogP contribution in [0.25, 0.3) is 0 Å². The number of pyridine rings is 1. The van der Waals surface area contributed by atoms with Gasteiger partial charge in [0.2, 0.25) is 0 Å². The molecule has 4 heteroatoms. The number of rotatable bonds is 4. The van der Waals surface area contributed by atoms with Crippen LogP contribution in [0.3, 0.4) is 0 Å². The van der Waals surface area contributed by atoms with Gasteiger partial charge in [0, 0.05) is 25.0 Å². The van der Waals surface area contributed by atoms with E-state index in [1.165, 1.54) is 12.1 Å². The predicted molar refractivity (Wildman–Crippen MR) is 65.9 cm³/mol. The molecule has 3 N–H and O–H groups in total. The monoisotopic (exact) mass is 231 g/mol. The van der Waals surface area contributed by atoms with Crippen LogP contribution in [0.15, 0.2) is 42.6 Å². The first-order valence-electron chi connectivity index (χ1n) is 5.41. The fraction of sp³-hybridized carbons (Fsp3) is 0.154. The van der Waals surface area contributed by atoms with Crippen LogP contribution < -0.4 is 11.1 Å². The van der Waals surface area contributed by atoms with Crippen LogP contribution in [0, 0.1) is 5.82 Å². The van der Waals surface area contributed by atoms with E-state index in [2.05, 4.69) is 10.3 Å². The first-order valence-corrected chi connectivity index (χ1v) is 5.41. The summed E-state index contributed by atoms with van der Waals surface area (Å²) < 4.78 is 12.9. The van der Waals surface area contributed by atoms with Gasteiger partial charge in [-0.2, -0.15) is 0 Å². The van der Waals surface area contributed by atoms with E-state index in [1.807, 2.05) is 18.2 Å². The SMILES string of the molecule is NCc1ccc(CNc2cccc(F)c2)cn1. The average molecular weight is 231 g/mol. The summed E-state index contributed by atoms with van der Waals surface area (Å²) in [6.07, 6.45) is 1.77. The van der Waals surface area contributed by atoms with Gasteiger partial charge in [-0.15, -0.1) is 0 Å². The normalized spacial score (nSPS) is 10.2. The molecule has 0 amide bonds. The number of hydrogen-bond acceptors (Lipinski definition) is 3. The molecule has 88 valence electrons. The van der Waals surface area contributed by atoms with E-state index >= 15 is 0 Å². The Morgan fingerprint density at radius 3 is 2.76 bits per heavy atom. The molecule has 1 aromatic heterocycles. The Morgan fingerprint density at radius 2 is 2.12 bits per heavy atom.